The van der Waals surface area contributed by atoms with Crippen LogP contribution in [0.25, 0.3) is 0 Å². The third kappa shape index (κ3) is 4.60. The summed E-state index contributed by atoms with van der Waals surface area (Å²) in [6.45, 7) is 0. The molecule has 1 aliphatic rings. The van der Waals surface area contributed by atoms with E-state index in [4.69, 9.17) is 14.5 Å². The van der Waals surface area contributed by atoms with Crippen LogP contribution in [0.3, 0.4) is 0 Å². The summed E-state index contributed by atoms with van der Waals surface area (Å²) in [5, 5.41) is 30.3. The predicted molar refractivity (Wildman–Crippen MR) is 163 cm³/mol. The zero-order valence-corrected chi connectivity index (χ0v) is 23.3. The highest BCUT2D eigenvalue weighted by Crippen LogP contribution is 2.46. The molecular weight excluding hydrogens is 526 g/mol. The highest BCUT2D eigenvalue weighted by molar-refractivity contribution is 6.00. The van der Waals surface area contributed by atoms with Crippen molar-refractivity contribution in [2.45, 2.75) is 11.3 Å². The van der Waals surface area contributed by atoms with Gasteiger partial charge in [-0.3, -0.25) is 5.32 Å². The van der Waals surface area contributed by atoms with Gasteiger partial charge in [0.25, 0.3) is 0 Å². The molecule has 0 aromatic heterocycles. The number of rotatable bonds is 7. The molecule has 210 valence electrons. The van der Waals surface area contributed by atoms with E-state index in [1.54, 1.807) is 44.6 Å². The van der Waals surface area contributed by atoms with Crippen molar-refractivity contribution < 1.29 is 19.7 Å². The molecule has 0 saturated carbocycles. The Balaban J connectivity index is 1.73. The zero-order chi connectivity index (χ0) is 29.2. The average Bonchev–Trinajstić information content (AvgIpc) is 3.05. The molecule has 0 radical (unpaired) electrons. The summed E-state index contributed by atoms with van der Waals surface area (Å²) in [6, 6.07) is 39.7. The Hall–Kier alpha value is -5.27. The number of benzene rings is 5. The van der Waals surface area contributed by atoms with E-state index < -0.39 is 11.3 Å². The van der Waals surface area contributed by atoms with Gasteiger partial charge in [0.1, 0.15) is 28.8 Å². The Morgan fingerprint density at radius 1 is 0.595 bits per heavy atom. The number of amidine groups is 1. The molecule has 2 unspecified atom stereocenters. The van der Waals surface area contributed by atoms with E-state index in [1.807, 2.05) is 97.1 Å². The summed E-state index contributed by atoms with van der Waals surface area (Å²) in [7, 11) is 3.18. The van der Waals surface area contributed by atoms with Crippen molar-refractivity contribution in [3.05, 3.63) is 155 Å². The summed E-state index contributed by atoms with van der Waals surface area (Å²) in [5.74, 6) is 1.79. The van der Waals surface area contributed by atoms with Gasteiger partial charge in [-0.15, -0.1) is 0 Å². The third-order valence-corrected chi connectivity index (χ3v) is 7.62. The van der Waals surface area contributed by atoms with Gasteiger partial charge in [0.05, 0.1) is 14.2 Å². The van der Waals surface area contributed by atoms with Gasteiger partial charge in [-0.1, -0.05) is 91.0 Å². The van der Waals surface area contributed by atoms with Crippen molar-refractivity contribution in [3.8, 4) is 23.0 Å². The minimum atomic E-state index is -1.37. The minimum absolute atomic E-state index is 0.0244. The number of aromatic hydroxyl groups is 2. The maximum absolute atomic E-state index is 11.5. The highest BCUT2D eigenvalue weighted by atomic mass is 16.5. The average molecular weight is 558 g/mol. The fourth-order valence-corrected chi connectivity index (χ4v) is 5.55. The molecule has 0 fully saturated rings. The summed E-state index contributed by atoms with van der Waals surface area (Å²) < 4.78 is 10.9. The molecule has 6 rings (SSSR count). The molecule has 5 aromatic rings. The molecule has 7 heteroatoms. The molecule has 0 spiro atoms. The first-order valence-corrected chi connectivity index (χ1v) is 13.6. The Labute approximate surface area is 244 Å². The standard InChI is InChI=1S/C35H31N3O4/c1-41-27-19-17-26(18-20-27)34(25-13-7-4-8-14-25)36-33(24-11-5-3-6-12-24)37-35(38-34,29-15-9-10-16-31(29)39)30-22-21-28(42-2)23-32(30)40/h3-23,38-40H,1-2H3,(H,36,37). The van der Waals surface area contributed by atoms with Crippen LogP contribution in [-0.2, 0) is 11.3 Å². The van der Waals surface area contributed by atoms with Gasteiger partial charge < -0.3 is 25.0 Å². The van der Waals surface area contributed by atoms with E-state index in [9.17, 15) is 10.2 Å². The zero-order valence-electron chi connectivity index (χ0n) is 23.3. The molecule has 5 aromatic carbocycles. The molecule has 42 heavy (non-hydrogen) atoms. The first kappa shape index (κ1) is 26.9. The number of nitrogens with zero attached hydrogens (tertiary/aromatic N) is 1. The van der Waals surface area contributed by atoms with E-state index in [-0.39, 0.29) is 11.5 Å². The van der Waals surface area contributed by atoms with E-state index in [2.05, 4.69) is 10.6 Å². The van der Waals surface area contributed by atoms with Crippen LogP contribution >= 0.6 is 0 Å². The van der Waals surface area contributed by atoms with Gasteiger partial charge in [0.15, 0.2) is 11.3 Å². The van der Waals surface area contributed by atoms with E-state index >= 15 is 0 Å². The first-order valence-electron chi connectivity index (χ1n) is 13.6. The number of hydrogen-bond donors (Lipinski definition) is 4. The maximum Gasteiger partial charge on any atom is 0.166 e. The summed E-state index contributed by atoms with van der Waals surface area (Å²) in [6.07, 6.45) is 0. The van der Waals surface area contributed by atoms with Crippen molar-refractivity contribution >= 4 is 5.84 Å². The molecule has 1 heterocycles. The van der Waals surface area contributed by atoms with Gasteiger partial charge in [-0.25, -0.2) is 4.99 Å². The molecule has 2 atom stereocenters. The summed E-state index contributed by atoms with van der Waals surface area (Å²) >= 11 is 0. The molecule has 0 amide bonds. The Morgan fingerprint density at radius 3 is 1.81 bits per heavy atom. The second kappa shape index (κ2) is 11.0. The van der Waals surface area contributed by atoms with Crippen LogP contribution in [0, 0.1) is 0 Å². The van der Waals surface area contributed by atoms with Gasteiger partial charge >= 0.3 is 0 Å². The topological polar surface area (TPSA) is 95.3 Å². The van der Waals surface area contributed by atoms with Crippen molar-refractivity contribution in [2.75, 3.05) is 14.2 Å². The number of methoxy groups -OCH3 is 2. The van der Waals surface area contributed by atoms with E-state index in [0.29, 0.717) is 28.5 Å². The summed E-state index contributed by atoms with van der Waals surface area (Å²) in [4.78, 5) is 5.38. The smallest absolute Gasteiger partial charge is 0.166 e. The number of aliphatic imine (C=N–C) groups is 1. The molecule has 7 nitrogen and oxygen atoms in total. The fourth-order valence-electron chi connectivity index (χ4n) is 5.55. The quantitative estimate of drug-likeness (QED) is 0.200. The van der Waals surface area contributed by atoms with Gasteiger partial charge in [-0.05, 0) is 41.5 Å². The van der Waals surface area contributed by atoms with Crippen molar-refractivity contribution in [1.82, 2.24) is 10.6 Å². The van der Waals surface area contributed by atoms with Crippen LogP contribution in [0.1, 0.15) is 27.8 Å². The number of hydrogen-bond acceptors (Lipinski definition) is 7. The van der Waals surface area contributed by atoms with Crippen LogP contribution < -0.4 is 20.1 Å². The second-order valence-corrected chi connectivity index (χ2v) is 10.0. The highest BCUT2D eigenvalue weighted by Gasteiger charge is 2.51. The van der Waals surface area contributed by atoms with Gasteiger partial charge in [0, 0.05) is 22.8 Å². The number of phenols is 2. The molecule has 0 aliphatic carbocycles. The first-order chi connectivity index (χ1) is 20.5. The third-order valence-electron chi connectivity index (χ3n) is 7.62. The minimum Gasteiger partial charge on any atom is -0.508 e. The Bertz CT molecular complexity index is 1730. The number of para-hydroxylation sites is 1. The SMILES string of the molecule is COc1ccc(C2(c3ccccc3)N=C(c3ccccc3)NC(c3ccccc3O)(c3ccc(OC)cc3O)N2)cc1. The number of nitrogens with one attached hydrogen (secondary N) is 2. The fraction of sp³-hybridized carbons (Fsp3) is 0.114. The molecule has 4 N–H and O–H groups in total. The van der Waals surface area contributed by atoms with Crippen LogP contribution in [0.2, 0.25) is 0 Å². The largest absolute Gasteiger partial charge is 0.508 e. The van der Waals surface area contributed by atoms with Crippen LogP contribution in [0.4, 0.5) is 0 Å². The van der Waals surface area contributed by atoms with Crippen LogP contribution in [0.5, 0.6) is 23.0 Å². The Kier molecular flexibility index (Phi) is 7.02. The van der Waals surface area contributed by atoms with Crippen molar-refractivity contribution in [2.24, 2.45) is 4.99 Å². The number of phenolic OH excluding ortho intramolecular Hbond substituents is 2. The van der Waals surface area contributed by atoms with E-state index in [1.165, 1.54) is 0 Å². The predicted octanol–water partition coefficient (Wildman–Crippen LogP) is 5.86. The van der Waals surface area contributed by atoms with Crippen LogP contribution in [-0.4, -0.2) is 30.3 Å². The molecule has 0 bridgehead atoms. The maximum atomic E-state index is 11.5. The lowest BCUT2D eigenvalue weighted by atomic mass is 9.82. The van der Waals surface area contributed by atoms with Crippen molar-refractivity contribution in [3.63, 3.8) is 0 Å². The lowest BCUT2D eigenvalue weighted by molar-refractivity contribution is 0.231. The normalized spacial score (nSPS) is 19.8. The Morgan fingerprint density at radius 2 is 1.17 bits per heavy atom. The molecule has 1 aliphatic heterocycles. The number of ether oxygens (including phenoxy) is 2. The molecular formula is C35H31N3O4. The lowest BCUT2D eigenvalue weighted by Gasteiger charge is -2.49. The summed E-state index contributed by atoms with van der Waals surface area (Å²) in [5.41, 5.74) is 0.948. The lowest BCUT2D eigenvalue weighted by Crippen LogP contribution is -2.67. The monoisotopic (exact) mass is 557 g/mol. The van der Waals surface area contributed by atoms with Gasteiger partial charge in [-0.2, -0.15) is 0 Å². The second-order valence-electron chi connectivity index (χ2n) is 10.0. The van der Waals surface area contributed by atoms with E-state index in [0.717, 1.165) is 16.7 Å². The van der Waals surface area contributed by atoms with Gasteiger partial charge in [0.2, 0.25) is 0 Å². The molecule has 0 saturated heterocycles. The van der Waals surface area contributed by atoms with Crippen molar-refractivity contribution in [1.29, 1.82) is 0 Å². The van der Waals surface area contributed by atoms with Crippen LogP contribution in [0.15, 0.2) is 132 Å².